The number of piperazine rings is 1. The Labute approximate surface area is 187 Å². The smallest absolute Gasteiger partial charge is 0.247 e. The number of pyridine rings is 1. The number of hydrogen-bond acceptors (Lipinski definition) is 5. The van der Waals surface area contributed by atoms with Gasteiger partial charge in [-0.25, -0.2) is 0 Å². The molecule has 1 atom stereocenters. The number of carbonyl (C=O) groups is 3. The molecule has 1 aromatic heterocycles. The Bertz CT molecular complexity index is 1010. The Morgan fingerprint density at radius 2 is 1.88 bits per heavy atom. The Morgan fingerprint density at radius 1 is 1.12 bits per heavy atom. The summed E-state index contributed by atoms with van der Waals surface area (Å²) in [5, 5.41) is 0. The zero-order chi connectivity index (χ0) is 22.9. The second kappa shape index (κ2) is 8.61. The van der Waals surface area contributed by atoms with Gasteiger partial charge in [-0.05, 0) is 50.2 Å². The van der Waals surface area contributed by atoms with Crippen LogP contribution in [0.3, 0.4) is 0 Å². The first-order valence-electron chi connectivity index (χ1n) is 10.7. The summed E-state index contributed by atoms with van der Waals surface area (Å²) in [5.41, 5.74) is 0.972. The van der Waals surface area contributed by atoms with Crippen molar-refractivity contribution in [3.63, 3.8) is 0 Å². The number of anilines is 1. The van der Waals surface area contributed by atoms with Gasteiger partial charge in [0.05, 0.1) is 30.8 Å². The summed E-state index contributed by atoms with van der Waals surface area (Å²) in [6.45, 7) is 5.03. The Balaban J connectivity index is 1.44. The number of benzene rings is 1. The van der Waals surface area contributed by atoms with E-state index >= 15 is 0 Å². The van der Waals surface area contributed by atoms with Gasteiger partial charge >= 0.3 is 0 Å². The first-order valence-corrected chi connectivity index (χ1v) is 10.7. The van der Waals surface area contributed by atoms with Gasteiger partial charge in [0, 0.05) is 31.4 Å². The van der Waals surface area contributed by atoms with Crippen molar-refractivity contribution in [2.75, 3.05) is 31.6 Å². The molecule has 0 N–H and O–H groups in total. The minimum absolute atomic E-state index is 0.000770. The van der Waals surface area contributed by atoms with Crippen molar-refractivity contribution < 1.29 is 19.1 Å². The lowest BCUT2D eigenvalue weighted by atomic mass is 9.95. The van der Waals surface area contributed by atoms with Gasteiger partial charge in [-0.3, -0.25) is 19.4 Å². The van der Waals surface area contributed by atoms with E-state index in [-0.39, 0.29) is 30.7 Å². The molecule has 0 saturated carbocycles. The van der Waals surface area contributed by atoms with Gasteiger partial charge in [-0.1, -0.05) is 6.07 Å². The van der Waals surface area contributed by atoms with Gasteiger partial charge in [0.1, 0.15) is 12.3 Å². The van der Waals surface area contributed by atoms with Crippen LogP contribution in [0.4, 0.5) is 5.69 Å². The van der Waals surface area contributed by atoms with E-state index in [1.54, 1.807) is 28.0 Å². The zero-order valence-corrected chi connectivity index (χ0v) is 18.7. The van der Waals surface area contributed by atoms with Crippen LogP contribution in [0, 0.1) is 5.92 Å². The number of rotatable bonds is 5. The number of ether oxygens (including phenoxy) is 1. The third kappa shape index (κ3) is 4.30. The van der Waals surface area contributed by atoms with Crippen LogP contribution in [0.5, 0.6) is 5.75 Å². The SMILES string of the molecule is COc1ccc(N2C(=O)CN(C(=O)[C@@H]3CC(=O)N(Cc4ccccn4)C3)CC2(C)C)cc1. The number of aromatic nitrogens is 1. The molecule has 32 heavy (non-hydrogen) atoms. The highest BCUT2D eigenvalue weighted by molar-refractivity contribution is 6.00. The van der Waals surface area contributed by atoms with E-state index in [1.807, 2.05) is 56.3 Å². The van der Waals surface area contributed by atoms with Crippen LogP contribution in [0.25, 0.3) is 0 Å². The molecule has 1 aromatic carbocycles. The standard InChI is InChI=1S/C24H28N4O4/c1-24(2)16-27(15-22(30)28(24)19-7-9-20(32-3)10-8-19)23(31)17-12-21(29)26(13-17)14-18-6-4-5-11-25-18/h4-11,17H,12-16H2,1-3H3/t17-/m1/s1. The van der Waals surface area contributed by atoms with E-state index in [9.17, 15) is 14.4 Å². The van der Waals surface area contributed by atoms with Crippen LogP contribution < -0.4 is 9.64 Å². The average molecular weight is 437 g/mol. The quantitative estimate of drug-likeness (QED) is 0.717. The molecule has 2 aliphatic rings. The fourth-order valence-electron chi connectivity index (χ4n) is 4.58. The van der Waals surface area contributed by atoms with E-state index in [4.69, 9.17) is 4.74 Å². The van der Waals surface area contributed by atoms with Crippen molar-refractivity contribution in [2.24, 2.45) is 5.92 Å². The normalized spacial score (nSPS) is 20.6. The van der Waals surface area contributed by atoms with E-state index in [1.165, 1.54) is 0 Å². The predicted molar refractivity (Wildman–Crippen MR) is 119 cm³/mol. The largest absolute Gasteiger partial charge is 0.497 e. The molecule has 2 fully saturated rings. The third-order valence-electron chi connectivity index (χ3n) is 6.04. The molecule has 0 radical (unpaired) electrons. The molecule has 3 heterocycles. The first kappa shape index (κ1) is 21.8. The molecular formula is C24H28N4O4. The van der Waals surface area contributed by atoms with Gasteiger partial charge in [-0.2, -0.15) is 0 Å². The molecular weight excluding hydrogens is 408 g/mol. The van der Waals surface area contributed by atoms with E-state index in [0.29, 0.717) is 25.4 Å². The van der Waals surface area contributed by atoms with Crippen LogP contribution in [0.2, 0.25) is 0 Å². The topological polar surface area (TPSA) is 83.0 Å². The third-order valence-corrected chi connectivity index (χ3v) is 6.04. The van der Waals surface area contributed by atoms with Gasteiger partial charge in [0.2, 0.25) is 17.7 Å². The summed E-state index contributed by atoms with van der Waals surface area (Å²) in [7, 11) is 1.60. The van der Waals surface area contributed by atoms with E-state index in [2.05, 4.69) is 4.98 Å². The van der Waals surface area contributed by atoms with Gasteiger partial charge in [-0.15, -0.1) is 0 Å². The van der Waals surface area contributed by atoms with Crippen molar-refractivity contribution in [3.05, 3.63) is 54.4 Å². The molecule has 2 aliphatic heterocycles. The molecule has 0 spiro atoms. The minimum atomic E-state index is -0.587. The van der Waals surface area contributed by atoms with Crippen LogP contribution >= 0.6 is 0 Å². The fraction of sp³-hybridized carbons (Fsp3) is 0.417. The minimum Gasteiger partial charge on any atom is -0.497 e. The molecule has 0 aliphatic carbocycles. The molecule has 2 aromatic rings. The van der Waals surface area contributed by atoms with Crippen molar-refractivity contribution in [3.8, 4) is 5.75 Å². The molecule has 3 amide bonds. The maximum Gasteiger partial charge on any atom is 0.247 e. The lowest BCUT2D eigenvalue weighted by Crippen LogP contribution is -2.64. The molecule has 8 heteroatoms. The van der Waals surface area contributed by atoms with Gasteiger partial charge in [0.25, 0.3) is 0 Å². The molecule has 168 valence electrons. The zero-order valence-electron chi connectivity index (χ0n) is 18.7. The predicted octanol–water partition coefficient (Wildman–Crippen LogP) is 2.09. The van der Waals surface area contributed by atoms with Crippen LogP contribution in [-0.4, -0.2) is 64.8 Å². The van der Waals surface area contributed by atoms with Crippen LogP contribution in [0.1, 0.15) is 26.0 Å². The summed E-state index contributed by atoms with van der Waals surface area (Å²) in [6, 6.07) is 12.9. The lowest BCUT2D eigenvalue weighted by Gasteiger charge is -2.47. The second-order valence-electron chi connectivity index (χ2n) is 8.93. The number of likely N-dealkylation sites (tertiary alicyclic amines) is 1. The number of hydrogen-bond donors (Lipinski definition) is 0. The Hall–Kier alpha value is -3.42. The van der Waals surface area contributed by atoms with Crippen LogP contribution in [0.15, 0.2) is 48.7 Å². The van der Waals surface area contributed by atoms with Crippen molar-refractivity contribution >= 4 is 23.4 Å². The van der Waals surface area contributed by atoms with Crippen molar-refractivity contribution in [2.45, 2.75) is 32.4 Å². The summed E-state index contributed by atoms with van der Waals surface area (Å²) < 4.78 is 5.20. The second-order valence-corrected chi connectivity index (χ2v) is 8.93. The monoisotopic (exact) mass is 436 g/mol. The fourth-order valence-corrected chi connectivity index (χ4v) is 4.58. The number of nitrogens with zero attached hydrogens (tertiary/aromatic N) is 4. The maximum absolute atomic E-state index is 13.2. The Kier molecular flexibility index (Phi) is 5.86. The number of carbonyl (C=O) groups excluding carboxylic acids is 3. The first-order chi connectivity index (χ1) is 15.3. The van der Waals surface area contributed by atoms with Gasteiger partial charge < -0.3 is 19.4 Å². The average Bonchev–Trinajstić information content (AvgIpc) is 3.13. The molecule has 2 saturated heterocycles. The number of methoxy groups -OCH3 is 1. The summed E-state index contributed by atoms with van der Waals surface area (Å²) in [4.78, 5) is 48.1. The van der Waals surface area contributed by atoms with E-state index in [0.717, 1.165) is 11.4 Å². The van der Waals surface area contributed by atoms with Crippen molar-refractivity contribution in [1.29, 1.82) is 0 Å². The highest BCUT2D eigenvalue weighted by Crippen LogP contribution is 2.31. The molecule has 0 unspecified atom stereocenters. The summed E-state index contributed by atoms with van der Waals surface area (Å²) in [6.07, 6.45) is 1.85. The van der Waals surface area contributed by atoms with Crippen LogP contribution in [-0.2, 0) is 20.9 Å². The molecule has 4 rings (SSSR count). The van der Waals surface area contributed by atoms with E-state index < -0.39 is 11.5 Å². The molecule has 0 bridgehead atoms. The maximum atomic E-state index is 13.2. The van der Waals surface area contributed by atoms with Crippen molar-refractivity contribution in [1.82, 2.24) is 14.8 Å². The highest BCUT2D eigenvalue weighted by atomic mass is 16.5. The van der Waals surface area contributed by atoms with Gasteiger partial charge in [0.15, 0.2) is 0 Å². The molecule has 8 nitrogen and oxygen atoms in total. The lowest BCUT2D eigenvalue weighted by molar-refractivity contribution is -0.142. The number of amides is 3. The summed E-state index contributed by atoms with van der Waals surface area (Å²) >= 11 is 0. The Morgan fingerprint density at radius 3 is 2.50 bits per heavy atom. The highest BCUT2D eigenvalue weighted by Gasteiger charge is 2.44. The summed E-state index contributed by atoms with van der Waals surface area (Å²) in [5.74, 6) is -0.0695.